The number of carbonyl (C=O) groups is 2. The summed E-state index contributed by atoms with van der Waals surface area (Å²) in [5.74, 6) is -0.0948. The number of hydrogen-bond donors (Lipinski definition) is 2. The third-order valence-corrected chi connectivity index (χ3v) is 4.28. The van der Waals surface area contributed by atoms with E-state index in [1.807, 2.05) is 61.5 Å². The molecule has 2 aromatic carbocycles. The number of carbonyl (C=O) groups excluding carboxylic acids is 2. The molecule has 0 fully saturated rings. The maximum atomic E-state index is 12.1. The second kappa shape index (κ2) is 8.39. The average Bonchev–Trinajstić information content (AvgIpc) is 2.54. The Labute approximate surface area is 140 Å². The third kappa shape index (κ3) is 5.79. The fourth-order valence-corrected chi connectivity index (χ4v) is 2.91. The largest absolute Gasteiger partial charge is 0.351 e. The number of rotatable bonds is 6. The summed E-state index contributed by atoms with van der Waals surface area (Å²) in [4.78, 5) is 24.2. The topological polar surface area (TPSA) is 58.2 Å². The lowest BCUT2D eigenvalue weighted by molar-refractivity contribution is -0.120. The van der Waals surface area contributed by atoms with Gasteiger partial charge in [-0.25, -0.2) is 0 Å². The summed E-state index contributed by atoms with van der Waals surface area (Å²) in [6.07, 6.45) is 0. The maximum absolute atomic E-state index is 12.1. The zero-order valence-electron chi connectivity index (χ0n) is 13.2. The van der Waals surface area contributed by atoms with Gasteiger partial charge in [0.2, 0.25) is 11.8 Å². The highest BCUT2D eigenvalue weighted by molar-refractivity contribution is 8.00. The third-order valence-electron chi connectivity index (χ3n) is 3.17. The molecule has 0 aromatic heterocycles. The predicted octanol–water partition coefficient (Wildman–Crippen LogP) is 3.44. The van der Waals surface area contributed by atoms with Crippen LogP contribution in [-0.2, 0) is 16.1 Å². The van der Waals surface area contributed by atoms with Crippen molar-refractivity contribution >= 4 is 29.3 Å². The lowest BCUT2D eigenvalue weighted by atomic mass is 10.2. The highest BCUT2D eigenvalue weighted by Gasteiger charge is 2.13. The molecule has 0 heterocycles. The zero-order chi connectivity index (χ0) is 16.7. The first kappa shape index (κ1) is 17.1. The molecule has 2 amide bonds. The van der Waals surface area contributed by atoms with E-state index in [1.54, 1.807) is 0 Å². The Bertz CT molecular complexity index is 656. The van der Waals surface area contributed by atoms with E-state index in [0.717, 1.165) is 16.1 Å². The van der Waals surface area contributed by atoms with Crippen LogP contribution in [0.2, 0.25) is 0 Å². The Morgan fingerprint density at radius 2 is 1.70 bits per heavy atom. The Morgan fingerprint density at radius 1 is 1.04 bits per heavy atom. The van der Waals surface area contributed by atoms with Crippen molar-refractivity contribution in [2.45, 2.75) is 30.5 Å². The van der Waals surface area contributed by atoms with Crippen LogP contribution < -0.4 is 10.6 Å². The van der Waals surface area contributed by atoms with Gasteiger partial charge in [0.05, 0.1) is 5.25 Å². The Hall–Kier alpha value is -2.27. The molecule has 4 nitrogen and oxygen atoms in total. The van der Waals surface area contributed by atoms with Crippen molar-refractivity contribution in [3.8, 4) is 0 Å². The molecule has 2 N–H and O–H groups in total. The van der Waals surface area contributed by atoms with Gasteiger partial charge in [0.1, 0.15) is 0 Å². The predicted molar refractivity (Wildman–Crippen MR) is 94.4 cm³/mol. The fourth-order valence-electron chi connectivity index (χ4n) is 2.00. The first-order valence-electron chi connectivity index (χ1n) is 7.40. The molecule has 0 bridgehead atoms. The molecular formula is C18H20N2O2S. The number of thioether (sulfide) groups is 1. The number of hydrogen-bond acceptors (Lipinski definition) is 3. The van der Waals surface area contributed by atoms with E-state index in [1.165, 1.54) is 18.7 Å². The van der Waals surface area contributed by atoms with Crippen molar-refractivity contribution in [3.05, 3.63) is 60.2 Å². The van der Waals surface area contributed by atoms with Crippen LogP contribution in [0.1, 0.15) is 19.4 Å². The van der Waals surface area contributed by atoms with Gasteiger partial charge < -0.3 is 10.6 Å². The molecule has 0 aliphatic rings. The van der Waals surface area contributed by atoms with E-state index >= 15 is 0 Å². The van der Waals surface area contributed by atoms with E-state index in [9.17, 15) is 9.59 Å². The van der Waals surface area contributed by atoms with Crippen LogP contribution in [0, 0.1) is 0 Å². The summed E-state index contributed by atoms with van der Waals surface area (Å²) in [6.45, 7) is 3.84. The van der Waals surface area contributed by atoms with Crippen LogP contribution in [0.25, 0.3) is 0 Å². The minimum Gasteiger partial charge on any atom is -0.351 e. The highest BCUT2D eigenvalue weighted by atomic mass is 32.2. The van der Waals surface area contributed by atoms with Gasteiger partial charge in [-0.2, -0.15) is 0 Å². The maximum Gasteiger partial charge on any atom is 0.233 e. The molecular weight excluding hydrogens is 308 g/mol. The van der Waals surface area contributed by atoms with Crippen molar-refractivity contribution in [1.82, 2.24) is 5.32 Å². The SMILES string of the molecule is CC(=O)Nc1ccc(CNC(=O)C(C)Sc2ccccc2)cc1. The first-order chi connectivity index (χ1) is 11.0. The molecule has 0 radical (unpaired) electrons. The van der Waals surface area contributed by atoms with Crippen molar-refractivity contribution < 1.29 is 9.59 Å². The van der Waals surface area contributed by atoms with Crippen LogP contribution >= 0.6 is 11.8 Å². The lowest BCUT2D eigenvalue weighted by Gasteiger charge is -2.12. The second-order valence-corrected chi connectivity index (χ2v) is 6.58. The quantitative estimate of drug-likeness (QED) is 0.799. The summed E-state index contributed by atoms with van der Waals surface area (Å²) >= 11 is 1.54. The van der Waals surface area contributed by atoms with E-state index in [0.29, 0.717) is 6.54 Å². The molecule has 2 rings (SSSR count). The van der Waals surface area contributed by atoms with Crippen LogP contribution in [0.3, 0.4) is 0 Å². The minimum atomic E-state index is -0.156. The Kier molecular flexibility index (Phi) is 6.23. The molecule has 0 aliphatic heterocycles. The van der Waals surface area contributed by atoms with Crippen LogP contribution in [-0.4, -0.2) is 17.1 Å². The zero-order valence-corrected chi connectivity index (χ0v) is 14.0. The molecule has 23 heavy (non-hydrogen) atoms. The van der Waals surface area contributed by atoms with Crippen LogP contribution in [0.15, 0.2) is 59.5 Å². The van der Waals surface area contributed by atoms with E-state index in [-0.39, 0.29) is 17.1 Å². The number of benzene rings is 2. The summed E-state index contributed by atoms with van der Waals surface area (Å²) in [7, 11) is 0. The minimum absolute atomic E-state index is 0.00444. The monoisotopic (exact) mass is 328 g/mol. The van der Waals surface area contributed by atoms with Crippen molar-refractivity contribution in [1.29, 1.82) is 0 Å². The van der Waals surface area contributed by atoms with Gasteiger partial charge in [0.25, 0.3) is 0 Å². The van der Waals surface area contributed by atoms with Gasteiger partial charge in [-0.1, -0.05) is 30.3 Å². The molecule has 0 aliphatic carbocycles. The first-order valence-corrected chi connectivity index (χ1v) is 8.28. The molecule has 0 saturated heterocycles. The number of anilines is 1. The van der Waals surface area contributed by atoms with Gasteiger partial charge in [0, 0.05) is 24.1 Å². The van der Waals surface area contributed by atoms with Gasteiger partial charge in [-0.3, -0.25) is 9.59 Å². The van der Waals surface area contributed by atoms with E-state index < -0.39 is 0 Å². The van der Waals surface area contributed by atoms with Crippen molar-refractivity contribution in [2.75, 3.05) is 5.32 Å². The fraction of sp³-hybridized carbons (Fsp3) is 0.222. The van der Waals surface area contributed by atoms with E-state index in [4.69, 9.17) is 0 Å². The standard InChI is InChI=1S/C18H20N2O2S/c1-13(23-17-6-4-3-5-7-17)18(22)19-12-15-8-10-16(11-9-15)20-14(2)21/h3-11,13H,12H2,1-2H3,(H,19,22)(H,20,21). The van der Waals surface area contributed by atoms with Crippen LogP contribution in [0.4, 0.5) is 5.69 Å². The summed E-state index contributed by atoms with van der Waals surface area (Å²) in [5.41, 5.74) is 1.74. The molecule has 5 heteroatoms. The van der Waals surface area contributed by atoms with Crippen LogP contribution in [0.5, 0.6) is 0 Å². The lowest BCUT2D eigenvalue weighted by Crippen LogP contribution is -2.30. The Morgan fingerprint density at radius 3 is 2.30 bits per heavy atom. The van der Waals surface area contributed by atoms with Gasteiger partial charge in [-0.15, -0.1) is 11.8 Å². The number of amides is 2. The molecule has 1 atom stereocenters. The molecule has 120 valence electrons. The van der Waals surface area contributed by atoms with Crippen molar-refractivity contribution in [3.63, 3.8) is 0 Å². The Balaban J connectivity index is 1.82. The summed E-state index contributed by atoms with van der Waals surface area (Å²) < 4.78 is 0. The van der Waals surface area contributed by atoms with Crippen molar-refractivity contribution in [2.24, 2.45) is 0 Å². The second-order valence-electron chi connectivity index (χ2n) is 5.17. The van der Waals surface area contributed by atoms with E-state index in [2.05, 4.69) is 10.6 Å². The summed E-state index contributed by atoms with van der Waals surface area (Å²) in [6, 6.07) is 17.3. The average molecular weight is 328 g/mol. The molecule has 1 unspecified atom stereocenters. The number of nitrogens with one attached hydrogen (secondary N) is 2. The van der Waals surface area contributed by atoms with Gasteiger partial charge in [0.15, 0.2) is 0 Å². The van der Waals surface area contributed by atoms with Gasteiger partial charge in [-0.05, 0) is 36.8 Å². The van der Waals surface area contributed by atoms with Gasteiger partial charge >= 0.3 is 0 Å². The normalized spacial score (nSPS) is 11.6. The molecule has 2 aromatic rings. The smallest absolute Gasteiger partial charge is 0.233 e. The summed E-state index contributed by atoms with van der Waals surface area (Å²) in [5, 5.41) is 5.49. The molecule has 0 saturated carbocycles. The highest BCUT2D eigenvalue weighted by Crippen LogP contribution is 2.22. The molecule has 0 spiro atoms.